The number of unbranched alkanes of at least 4 members (excludes halogenated alkanes) is 3. The summed E-state index contributed by atoms with van der Waals surface area (Å²) in [5.41, 5.74) is 0.898. The molecule has 2 aromatic heterocycles. The molecule has 1 N–H and O–H groups in total. The summed E-state index contributed by atoms with van der Waals surface area (Å²) in [6, 6.07) is 5.91. The molecule has 17 heavy (non-hydrogen) atoms. The highest BCUT2D eigenvalue weighted by Gasteiger charge is 2.03. The Labute approximate surface area is 105 Å². The van der Waals surface area contributed by atoms with E-state index in [-0.39, 0.29) is 0 Å². The molecular formula is C12H17N3OS. The summed E-state index contributed by atoms with van der Waals surface area (Å²) in [7, 11) is 0. The minimum Gasteiger partial charge on any atom is -0.396 e. The summed E-state index contributed by atoms with van der Waals surface area (Å²) in [6.45, 7) is 0.307. The molecule has 4 nitrogen and oxygen atoms in total. The van der Waals surface area contributed by atoms with Crippen LogP contribution in [0, 0.1) is 0 Å². The smallest absolute Gasteiger partial charge is 0.195 e. The number of rotatable bonds is 7. The predicted octanol–water partition coefficient (Wildman–Crippen LogP) is 2.37. The molecule has 0 aliphatic heterocycles. The van der Waals surface area contributed by atoms with Crippen LogP contribution in [0.3, 0.4) is 0 Å². The van der Waals surface area contributed by atoms with Crippen molar-refractivity contribution in [3.8, 4) is 0 Å². The Kier molecular flexibility index (Phi) is 4.82. The molecule has 0 saturated carbocycles. The Balaban J connectivity index is 1.79. The van der Waals surface area contributed by atoms with E-state index in [4.69, 9.17) is 5.11 Å². The van der Waals surface area contributed by atoms with Crippen LogP contribution in [0.5, 0.6) is 0 Å². The van der Waals surface area contributed by atoms with Crippen LogP contribution >= 0.6 is 11.8 Å². The minimum atomic E-state index is 0.307. The lowest BCUT2D eigenvalue weighted by Crippen LogP contribution is -1.89. The van der Waals surface area contributed by atoms with Gasteiger partial charge in [-0.2, -0.15) is 0 Å². The number of hydrogen-bond acceptors (Lipinski definition) is 4. The van der Waals surface area contributed by atoms with Gasteiger partial charge in [0.05, 0.1) is 0 Å². The zero-order valence-electron chi connectivity index (χ0n) is 9.75. The molecule has 0 aromatic carbocycles. The third-order valence-corrected chi connectivity index (χ3v) is 3.60. The molecule has 0 saturated heterocycles. The molecule has 5 heteroatoms. The van der Waals surface area contributed by atoms with Crippen LogP contribution in [0.15, 0.2) is 29.6 Å². The molecule has 0 unspecified atom stereocenters. The molecule has 2 heterocycles. The topological polar surface area (TPSA) is 50.4 Å². The van der Waals surface area contributed by atoms with Crippen molar-refractivity contribution in [1.82, 2.24) is 14.6 Å². The number of thioether (sulfide) groups is 1. The zero-order chi connectivity index (χ0) is 11.9. The highest BCUT2D eigenvalue weighted by atomic mass is 32.2. The third kappa shape index (κ3) is 3.44. The summed E-state index contributed by atoms with van der Waals surface area (Å²) >= 11 is 1.74. The minimum absolute atomic E-state index is 0.307. The van der Waals surface area contributed by atoms with Crippen molar-refractivity contribution >= 4 is 17.4 Å². The zero-order valence-corrected chi connectivity index (χ0v) is 10.6. The third-order valence-electron chi connectivity index (χ3n) is 2.57. The Hall–Kier alpha value is -1.07. The molecule has 0 atom stereocenters. The lowest BCUT2D eigenvalue weighted by atomic mass is 10.2. The molecule has 0 amide bonds. The van der Waals surface area contributed by atoms with Gasteiger partial charge in [0.15, 0.2) is 10.8 Å². The first kappa shape index (κ1) is 12.4. The SMILES string of the molecule is OCCCCCCSc1nnc2ccccn12. The number of pyridine rings is 1. The fraction of sp³-hybridized carbons (Fsp3) is 0.500. The van der Waals surface area contributed by atoms with Crippen LogP contribution in [0.4, 0.5) is 0 Å². The van der Waals surface area contributed by atoms with E-state index < -0.39 is 0 Å². The van der Waals surface area contributed by atoms with Crippen molar-refractivity contribution in [3.05, 3.63) is 24.4 Å². The summed E-state index contributed by atoms with van der Waals surface area (Å²) in [4.78, 5) is 0. The molecule has 2 aromatic rings. The molecule has 2 rings (SSSR count). The molecule has 92 valence electrons. The number of nitrogens with zero attached hydrogens (tertiary/aromatic N) is 3. The Morgan fingerprint density at radius 3 is 2.88 bits per heavy atom. The first-order valence-corrected chi connectivity index (χ1v) is 6.94. The molecule has 0 aliphatic carbocycles. The van der Waals surface area contributed by atoms with Gasteiger partial charge in [-0.15, -0.1) is 10.2 Å². The Morgan fingerprint density at radius 1 is 1.12 bits per heavy atom. The van der Waals surface area contributed by atoms with Crippen LogP contribution < -0.4 is 0 Å². The predicted molar refractivity (Wildman–Crippen MR) is 69.3 cm³/mol. The van der Waals surface area contributed by atoms with Gasteiger partial charge in [-0.05, 0) is 25.0 Å². The molecule has 0 spiro atoms. The van der Waals surface area contributed by atoms with Gasteiger partial charge in [-0.1, -0.05) is 30.7 Å². The van der Waals surface area contributed by atoms with E-state index in [1.54, 1.807) is 11.8 Å². The maximum absolute atomic E-state index is 8.66. The highest BCUT2D eigenvalue weighted by molar-refractivity contribution is 7.99. The Bertz CT molecular complexity index is 458. The van der Waals surface area contributed by atoms with Crippen molar-refractivity contribution in [2.75, 3.05) is 12.4 Å². The fourth-order valence-corrected chi connectivity index (χ4v) is 2.57. The number of fused-ring (bicyclic) bond motifs is 1. The van der Waals surface area contributed by atoms with Crippen molar-refractivity contribution in [3.63, 3.8) is 0 Å². The van der Waals surface area contributed by atoms with Crippen molar-refractivity contribution in [2.24, 2.45) is 0 Å². The van der Waals surface area contributed by atoms with Crippen LogP contribution in [0.1, 0.15) is 25.7 Å². The fourth-order valence-electron chi connectivity index (χ4n) is 1.65. The second kappa shape index (κ2) is 6.61. The van der Waals surface area contributed by atoms with Crippen molar-refractivity contribution < 1.29 is 5.11 Å². The number of aliphatic hydroxyl groups is 1. The van der Waals surface area contributed by atoms with Crippen LogP contribution in [-0.2, 0) is 0 Å². The quantitative estimate of drug-likeness (QED) is 0.606. The highest BCUT2D eigenvalue weighted by Crippen LogP contribution is 2.18. The molecule has 0 aliphatic rings. The van der Waals surface area contributed by atoms with Gasteiger partial charge in [0.1, 0.15) is 0 Å². The van der Waals surface area contributed by atoms with E-state index >= 15 is 0 Å². The average molecular weight is 251 g/mol. The van der Waals surface area contributed by atoms with E-state index in [0.29, 0.717) is 6.61 Å². The van der Waals surface area contributed by atoms with E-state index in [9.17, 15) is 0 Å². The maximum atomic E-state index is 8.66. The van der Waals surface area contributed by atoms with Crippen LogP contribution in [0.2, 0.25) is 0 Å². The first-order valence-electron chi connectivity index (χ1n) is 5.95. The second-order valence-electron chi connectivity index (χ2n) is 3.90. The molecule has 0 radical (unpaired) electrons. The normalized spacial score (nSPS) is 11.1. The first-order chi connectivity index (χ1) is 8.42. The Morgan fingerprint density at radius 2 is 2.00 bits per heavy atom. The monoisotopic (exact) mass is 251 g/mol. The van der Waals surface area contributed by atoms with Gasteiger partial charge in [0.2, 0.25) is 0 Å². The number of aromatic nitrogens is 3. The second-order valence-corrected chi connectivity index (χ2v) is 4.96. The van der Waals surface area contributed by atoms with Gasteiger partial charge in [-0.3, -0.25) is 4.40 Å². The van der Waals surface area contributed by atoms with Crippen molar-refractivity contribution in [2.45, 2.75) is 30.8 Å². The van der Waals surface area contributed by atoms with Crippen LogP contribution in [0.25, 0.3) is 5.65 Å². The average Bonchev–Trinajstić information content (AvgIpc) is 2.77. The van der Waals surface area contributed by atoms with Gasteiger partial charge in [-0.25, -0.2) is 0 Å². The van der Waals surface area contributed by atoms with E-state index in [1.165, 1.54) is 6.42 Å². The van der Waals surface area contributed by atoms with Gasteiger partial charge < -0.3 is 5.11 Å². The largest absolute Gasteiger partial charge is 0.396 e. The molecular weight excluding hydrogens is 234 g/mol. The maximum Gasteiger partial charge on any atom is 0.195 e. The van der Waals surface area contributed by atoms with Gasteiger partial charge in [0, 0.05) is 18.6 Å². The summed E-state index contributed by atoms with van der Waals surface area (Å²) < 4.78 is 2.01. The van der Waals surface area contributed by atoms with Gasteiger partial charge in [0.25, 0.3) is 0 Å². The van der Waals surface area contributed by atoms with Crippen molar-refractivity contribution in [1.29, 1.82) is 0 Å². The van der Waals surface area contributed by atoms with Gasteiger partial charge >= 0.3 is 0 Å². The van der Waals surface area contributed by atoms with Crippen LogP contribution in [-0.4, -0.2) is 32.1 Å². The summed E-state index contributed by atoms with van der Waals surface area (Å²) in [6.07, 6.45) is 6.34. The van der Waals surface area contributed by atoms with E-state index in [0.717, 1.165) is 35.8 Å². The standard InChI is InChI=1S/C12H17N3OS/c16-9-5-1-2-6-10-17-12-14-13-11-7-3-4-8-15(11)12/h3-4,7-8,16H,1-2,5-6,9-10H2. The molecule has 0 fully saturated rings. The number of hydrogen-bond donors (Lipinski definition) is 1. The summed E-state index contributed by atoms with van der Waals surface area (Å²) in [5, 5.41) is 17.9. The lowest BCUT2D eigenvalue weighted by molar-refractivity contribution is 0.283. The molecule has 0 bridgehead atoms. The van der Waals surface area contributed by atoms with E-state index in [1.807, 2.05) is 28.8 Å². The van der Waals surface area contributed by atoms with E-state index in [2.05, 4.69) is 10.2 Å². The lowest BCUT2D eigenvalue weighted by Gasteiger charge is -2.00. The number of aliphatic hydroxyl groups excluding tert-OH is 1. The summed E-state index contributed by atoms with van der Waals surface area (Å²) in [5.74, 6) is 1.06.